The van der Waals surface area contributed by atoms with Crippen molar-refractivity contribution in [1.29, 1.82) is 0 Å². The number of phenolic OH excluding ortho intramolecular Hbond substituents is 1. The van der Waals surface area contributed by atoms with Crippen LogP contribution in [0.25, 0.3) is 0 Å². The van der Waals surface area contributed by atoms with Gasteiger partial charge in [0.1, 0.15) is 5.75 Å². The Balaban J connectivity index is 1.93. The SMILES string of the molecule is CCCN1CCCC(C(C)Nc2ccc(O)c(Cl)c2)C1. The van der Waals surface area contributed by atoms with E-state index in [1.165, 1.54) is 38.9 Å². The normalized spacial score (nSPS) is 21.6. The van der Waals surface area contributed by atoms with E-state index in [0.29, 0.717) is 17.0 Å². The fraction of sp³-hybridized carbons (Fsp3) is 0.625. The number of hydrogen-bond acceptors (Lipinski definition) is 3. The Morgan fingerprint density at radius 3 is 3.00 bits per heavy atom. The van der Waals surface area contributed by atoms with E-state index in [0.717, 1.165) is 5.69 Å². The summed E-state index contributed by atoms with van der Waals surface area (Å²) in [5.74, 6) is 0.805. The summed E-state index contributed by atoms with van der Waals surface area (Å²) in [7, 11) is 0. The second-order valence-corrected chi connectivity index (χ2v) is 6.21. The number of piperidine rings is 1. The lowest BCUT2D eigenvalue weighted by atomic mass is 9.91. The van der Waals surface area contributed by atoms with Crippen LogP contribution in [-0.4, -0.2) is 35.7 Å². The predicted octanol–water partition coefficient (Wildman–Crippen LogP) is 3.97. The van der Waals surface area contributed by atoms with E-state index in [4.69, 9.17) is 11.6 Å². The summed E-state index contributed by atoms with van der Waals surface area (Å²) in [5, 5.41) is 13.4. The molecule has 0 aliphatic carbocycles. The molecule has 4 heteroatoms. The Morgan fingerprint density at radius 2 is 2.30 bits per heavy atom. The minimum atomic E-state index is 0.136. The van der Waals surface area contributed by atoms with Crippen molar-refractivity contribution in [2.75, 3.05) is 25.0 Å². The fourth-order valence-corrected chi connectivity index (χ4v) is 3.18. The van der Waals surface area contributed by atoms with Gasteiger partial charge in [0, 0.05) is 18.3 Å². The molecule has 1 aromatic rings. The maximum atomic E-state index is 9.45. The Labute approximate surface area is 126 Å². The first-order chi connectivity index (χ1) is 9.60. The predicted molar refractivity (Wildman–Crippen MR) is 85.7 cm³/mol. The Bertz CT molecular complexity index is 436. The molecular weight excluding hydrogens is 272 g/mol. The second-order valence-electron chi connectivity index (χ2n) is 5.80. The van der Waals surface area contributed by atoms with Gasteiger partial charge in [0.2, 0.25) is 0 Å². The summed E-state index contributed by atoms with van der Waals surface area (Å²) in [4.78, 5) is 2.57. The zero-order valence-electron chi connectivity index (χ0n) is 12.4. The van der Waals surface area contributed by atoms with E-state index in [9.17, 15) is 5.11 Å². The maximum Gasteiger partial charge on any atom is 0.134 e. The lowest BCUT2D eigenvalue weighted by molar-refractivity contribution is 0.165. The highest BCUT2D eigenvalue weighted by Gasteiger charge is 2.24. The van der Waals surface area contributed by atoms with Crippen LogP contribution in [0.2, 0.25) is 5.02 Å². The van der Waals surface area contributed by atoms with E-state index in [2.05, 4.69) is 24.1 Å². The van der Waals surface area contributed by atoms with Gasteiger partial charge in [0.05, 0.1) is 5.02 Å². The molecule has 112 valence electrons. The number of rotatable bonds is 5. The van der Waals surface area contributed by atoms with Gasteiger partial charge in [-0.15, -0.1) is 0 Å². The van der Waals surface area contributed by atoms with Crippen molar-refractivity contribution in [2.24, 2.45) is 5.92 Å². The third-order valence-electron chi connectivity index (χ3n) is 4.13. The third-order valence-corrected chi connectivity index (χ3v) is 4.43. The highest BCUT2D eigenvalue weighted by atomic mass is 35.5. The van der Waals surface area contributed by atoms with Crippen LogP contribution in [0.4, 0.5) is 5.69 Å². The van der Waals surface area contributed by atoms with Gasteiger partial charge in [-0.2, -0.15) is 0 Å². The standard InChI is InChI=1S/C16H25ClN2O/c1-3-8-19-9-4-5-13(11-19)12(2)18-14-6-7-16(20)15(17)10-14/h6-7,10,12-13,18,20H,3-5,8-9,11H2,1-2H3. The number of hydrogen-bond donors (Lipinski definition) is 2. The summed E-state index contributed by atoms with van der Waals surface area (Å²) < 4.78 is 0. The Morgan fingerprint density at radius 1 is 1.50 bits per heavy atom. The lowest BCUT2D eigenvalue weighted by Crippen LogP contribution is -2.42. The third kappa shape index (κ3) is 4.03. The van der Waals surface area contributed by atoms with Crippen molar-refractivity contribution >= 4 is 17.3 Å². The maximum absolute atomic E-state index is 9.45. The molecule has 2 atom stereocenters. The average Bonchev–Trinajstić information content (AvgIpc) is 2.43. The molecule has 2 unspecified atom stereocenters. The fourth-order valence-electron chi connectivity index (χ4n) is 3.00. The molecule has 0 bridgehead atoms. The molecule has 20 heavy (non-hydrogen) atoms. The van der Waals surface area contributed by atoms with Crippen LogP contribution < -0.4 is 5.32 Å². The van der Waals surface area contributed by atoms with Gasteiger partial charge in [-0.05, 0) is 63.4 Å². The Kier molecular flexibility index (Phi) is 5.55. The summed E-state index contributed by atoms with van der Waals surface area (Å²) >= 11 is 5.95. The molecule has 1 heterocycles. The first-order valence-corrected chi connectivity index (χ1v) is 7.95. The molecule has 3 nitrogen and oxygen atoms in total. The van der Waals surface area contributed by atoms with Gasteiger partial charge in [0.25, 0.3) is 0 Å². The molecule has 1 saturated heterocycles. The minimum absolute atomic E-state index is 0.136. The molecule has 0 aromatic heterocycles. The summed E-state index contributed by atoms with van der Waals surface area (Å²) in [5.41, 5.74) is 0.980. The minimum Gasteiger partial charge on any atom is -0.506 e. The van der Waals surface area contributed by atoms with Crippen molar-refractivity contribution in [2.45, 2.75) is 39.2 Å². The smallest absolute Gasteiger partial charge is 0.134 e. The molecule has 2 rings (SSSR count). The van der Waals surface area contributed by atoms with Crippen molar-refractivity contribution in [3.63, 3.8) is 0 Å². The van der Waals surface area contributed by atoms with E-state index < -0.39 is 0 Å². The van der Waals surface area contributed by atoms with Crippen molar-refractivity contribution < 1.29 is 5.11 Å². The molecule has 1 aliphatic heterocycles. The summed E-state index contributed by atoms with van der Waals surface area (Å²) in [6.07, 6.45) is 3.79. The average molecular weight is 297 g/mol. The van der Waals surface area contributed by atoms with Crippen molar-refractivity contribution in [3.05, 3.63) is 23.2 Å². The zero-order chi connectivity index (χ0) is 14.5. The highest BCUT2D eigenvalue weighted by molar-refractivity contribution is 6.32. The largest absolute Gasteiger partial charge is 0.506 e. The highest BCUT2D eigenvalue weighted by Crippen LogP contribution is 2.28. The first-order valence-electron chi connectivity index (χ1n) is 7.57. The number of anilines is 1. The number of halogens is 1. The molecule has 1 aromatic carbocycles. The van der Waals surface area contributed by atoms with Crippen LogP contribution >= 0.6 is 11.6 Å². The van der Waals surface area contributed by atoms with E-state index in [1.54, 1.807) is 12.1 Å². The van der Waals surface area contributed by atoms with Crippen LogP contribution in [0.5, 0.6) is 5.75 Å². The van der Waals surface area contributed by atoms with Gasteiger partial charge >= 0.3 is 0 Å². The van der Waals surface area contributed by atoms with Crippen LogP contribution in [0.15, 0.2) is 18.2 Å². The zero-order valence-corrected chi connectivity index (χ0v) is 13.2. The van der Waals surface area contributed by atoms with E-state index in [1.807, 2.05) is 6.07 Å². The monoisotopic (exact) mass is 296 g/mol. The lowest BCUT2D eigenvalue weighted by Gasteiger charge is -2.36. The van der Waals surface area contributed by atoms with Gasteiger partial charge < -0.3 is 15.3 Å². The van der Waals surface area contributed by atoms with Crippen LogP contribution in [0, 0.1) is 5.92 Å². The van der Waals surface area contributed by atoms with Gasteiger partial charge in [-0.1, -0.05) is 18.5 Å². The molecule has 0 amide bonds. The number of aromatic hydroxyl groups is 1. The number of nitrogens with one attached hydrogen (secondary N) is 1. The number of nitrogens with zero attached hydrogens (tertiary/aromatic N) is 1. The van der Waals surface area contributed by atoms with Gasteiger partial charge in [-0.3, -0.25) is 0 Å². The molecule has 0 radical (unpaired) electrons. The van der Waals surface area contributed by atoms with Gasteiger partial charge in [-0.25, -0.2) is 0 Å². The van der Waals surface area contributed by atoms with Crippen LogP contribution in [0.3, 0.4) is 0 Å². The number of phenols is 1. The van der Waals surface area contributed by atoms with Gasteiger partial charge in [0.15, 0.2) is 0 Å². The molecule has 0 saturated carbocycles. The second kappa shape index (κ2) is 7.19. The molecule has 1 aliphatic rings. The van der Waals surface area contributed by atoms with Crippen LogP contribution in [-0.2, 0) is 0 Å². The topological polar surface area (TPSA) is 35.5 Å². The van der Waals surface area contributed by atoms with Crippen molar-refractivity contribution in [1.82, 2.24) is 4.90 Å². The molecular formula is C16H25ClN2O. The molecule has 0 spiro atoms. The van der Waals surface area contributed by atoms with E-state index in [-0.39, 0.29) is 5.75 Å². The Hall–Kier alpha value is -0.930. The summed E-state index contributed by atoms with van der Waals surface area (Å²) in [6, 6.07) is 5.72. The van der Waals surface area contributed by atoms with Crippen molar-refractivity contribution in [3.8, 4) is 5.75 Å². The first kappa shape index (κ1) is 15.5. The summed E-state index contributed by atoms with van der Waals surface area (Å²) in [6.45, 7) is 8.09. The number of likely N-dealkylation sites (tertiary alicyclic amines) is 1. The van der Waals surface area contributed by atoms with E-state index >= 15 is 0 Å². The molecule has 1 fully saturated rings. The number of benzene rings is 1. The van der Waals surface area contributed by atoms with Crippen LogP contribution in [0.1, 0.15) is 33.1 Å². The quantitative estimate of drug-likeness (QED) is 0.807. The molecule has 2 N–H and O–H groups in total.